The summed E-state index contributed by atoms with van der Waals surface area (Å²) in [4.78, 5) is 33.7. The maximum absolute atomic E-state index is 13.1. The van der Waals surface area contributed by atoms with E-state index in [-0.39, 0.29) is 23.8 Å². The highest BCUT2D eigenvalue weighted by Gasteiger charge is 2.37. The molecule has 0 N–H and O–H groups in total. The van der Waals surface area contributed by atoms with Crippen LogP contribution in [0.25, 0.3) is 0 Å². The van der Waals surface area contributed by atoms with Gasteiger partial charge in [0, 0.05) is 43.9 Å². The van der Waals surface area contributed by atoms with Crippen LogP contribution in [0, 0.1) is 11.8 Å². The van der Waals surface area contributed by atoms with E-state index >= 15 is 0 Å². The summed E-state index contributed by atoms with van der Waals surface area (Å²) in [6.45, 7) is 2.34. The summed E-state index contributed by atoms with van der Waals surface area (Å²) in [6, 6.07) is 4.19. The van der Waals surface area contributed by atoms with E-state index in [1.807, 2.05) is 17.2 Å². The van der Waals surface area contributed by atoms with Crippen molar-refractivity contribution in [2.24, 2.45) is 11.8 Å². The average molecular weight is 341 g/mol. The molecule has 1 aromatic rings. The van der Waals surface area contributed by atoms with Gasteiger partial charge in [-0.1, -0.05) is 12.5 Å². The van der Waals surface area contributed by atoms with Crippen molar-refractivity contribution in [1.29, 1.82) is 0 Å². The summed E-state index contributed by atoms with van der Waals surface area (Å²) >= 11 is 0. The Morgan fingerprint density at radius 3 is 2.32 bits per heavy atom. The molecule has 0 unspecified atom stereocenters. The summed E-state index contributed by atoms with van der Waals surface area (Å²) in [5.74, 6) is 0.942. The molecule has 2 aliphatic heterocycles. The van der Waals surface area contributed by atoms with Crippen LogP contribution in [-0.4, -0.2) is 46.2 Å². The maximum atomic E-state index is 13.1. The van der Waals surface area contributed by atoms with Crippen molar-refractivity contribution >= 4 is 11.8 Å². The molecule has 0 radical (unpaired) electrons. The van der Waals surface area contributed by atoms with Gasteiger partial charge in [0.2, 0.25) is 11.8 Å². The summed E-state index contributed by atoms with van der Waals surface area (Å²) in [7, 11) is 0. The van der Waals surface area contributed by atoms with Crippen LogP contribution in [0.3, 0.4) is 0 Å². The highest BCUT2D eigenvalue weighted by atomic mass is 16.2. The van der Waals surface area contributed by atoms with Crippen LogP contribution >= 0.6 is 0 Å². The molecular formula is C20H27N3O2. The number of piperidine rings is 1. The van der Waals surface area contributed by atoms with Crippen molar-refractivity contribution < 1.29 is 9.59 Å². The molecule has 3 heterocycles. The van der Waals surface area contributed by atoms with Gasteiger partial charge >= 0.3 is 0 Å². The summed E-state index contributed by atoms with van der Waals surface area (Å²) in [6.07, 6.45) is 10.7. The minimum Gasteiger partial charge on any atom is -0.342 e. The van der Waals surface area contributed by atoms with E-state index in [2.05, 4.69) is 16.0 Å². The molecule has 2 saturated heterocycles. The Hall–Kier alpha value is -1.91. The number of nitrogens with zero attached hydrogens (tertiary/aromatic N) is 3. The molecule has 25 heavy (non-hydrogen) atoms. The second kappa shape index (κ2) is 7.14. The van der Waals surface area contributed by atoms with Gasteiger partial charge in [0.05, 0.1) is 6.04 Å². The summed E-state index contributed by atoms with van der Waals surface area (Å²) in [5.41, 5.74) is 1.14. The molecule has 0 bridgehead atoms. The summed E-state index contributed by atoms with van der Waals surface area (Å²) in [5, 5.41) is 0. The number of carbonyl (C=O) groups excluding carboxylic acids is 2. The van der Waals surface area contributed by atoms with Gasteiger partial charge in [0.15, 0.2) is 0 Å². The van der Waals surface area contributed by atoms with Crippen LogP contribution in [-0.2, 0) is 9.59 Å². The van der Waals surface area contributed by atoms with Crippen LogP contribution in [0.5, 0.6) is 0 Å². The Labute approximate surface area is 149 Å². The lowest BCUT2D eigenvalue weighted by molar-refractivity contribution is -0.144. The molecule has 0 aromatic carbocycles. The molecule has 1 saturated carbocycles. The quantitative estimate of drug-likeness (QED) is 0.849. The number of hydrogen-bond donors (Lipinski definition) is 0. The predicted octanol–water partition coefficient (Wildman–Crippen LogP) is 2.78. The topological polar surface area (TPSA) is 53.5 Å². The fourth-order valence-corrected chi connectivity index (χ4v) is 4.44. The first-order valence-electron chi connectivity index (χ1n) is 9.73. The standard InChI is InChI=1S/C20H27N3O2/c24-19(15-4-1-5-15)22-12-8-16(9-13-22)20(25)23-11-3-7-18(23)17-6-2-10-21-14-17/h2,6,10,14-16,18H,1,3-5,7-9,11-13H2/t18-/m1/s1. The van der Waals surface area contributed by atoms with Gasteiger partial charge in [-0.15, -0.1) is 0 Å². The van der Waals surface area contributed by atoms with E-state index in [4.69, 9.17) is 0 Å². The zero-order valence-electron chi connectivity index (χ0n) is 14.8. The van der Waals surface area contributed by atoms with E-state index in [9.17, 15) is 9.59 Å². The van der Waals surface area contributed by atoms with Gasteiger partial charge in [0.25, 0.3) is 0 Å². The molecule has 5 nitrogen and oxygen atoms in total. The minimum atomic E-state index is 0.0720. The zero-order valence-corrected chi connectivity index (χ0v) is 14.8. The highest BCUT2D eigenvalue weighted by molar-refractivity contribution is 5.82. The predicted molar refractivity (Wildman–Crippen MR) is 94.6 cm³/mol. The van der Waals surface area contributed by atoms with Gasteiger partial charge in [0.1, 0.15) is 0 Å². The average Bonchev–Trinajstić information content (AvgIpc) is 3.10. The first-order valence-corrected chi connectivity index (χ1v) is 9.73. The lowest BCUT2D eigenvalue weighted by atomic mass is 9.83. The number of pyridine rings is 1. The zero-order chi connectivity index (χ0) is 17.2. The van der Waals surface area contributed by atoms with Crippen molar-refractivity contribution in [3.05, 3.63) is 30.1 Å². The van der Waals surface area contributed by atoms with E-state index in [1.165, 1.54) is 6.42 Å². The fraction of sp³-hybridized carbons (Fsp3) is 0.650. The van der Waals surface area contributed by atoms with Gasteiger partial charge in [-0.25, -0.2) is 0 Å². The molecule has 4 rings (SSSR count). The third kappa shape index (κ3) is 3.29. The Kier molecular flexibility index (Phi) is 4.73. The van der Waals surface area contributed by atoms with Crippen molar-refractivity contribution in [3.8, 4) is 0 Å². The highest BCUT2D eigenvalue weighted by Crippen LogP contribution is 2.35. The Bertz CT molecular complexity index is 621. The van der Waals surface area contributed by atoms with Crippen LogP contribution < -0.4 is 0 Å². The first-order chi connectivity index (χ1) is 12.2. The SMILES string of the molecule is O=C(C1CCC1)N1CCC(C(=O)N2CCC[C@@H]2c2cccnc2)CC1. The Morgan fingerprint density at radius 1 is 0.920 bits per heavy atom. The van der Waals surface area contributed by atoms with Crippen LogP contribution in [0.15, 0.2) is 24.5 Å². The molecular weight excluding hydrogens is 314 g/mol. The van der Waals surface area contributed by atoms with E-state index < -0.39 is 0 Å². The third-order valence-electron chi connectivity index (χ3n) is 6.22. The second-order valence-corrected chi connectivity index (χ2v) is 7.70. The second-order valence-electron chi connectivity index (χ2n) is 7.70. The van der Waals surface area contributed by atoms with Crippen LogP contribution in [0.4, 0.5) is 0 Å². The Morgan fingerprint density at radius 2 is 1.68 bits per heavy atom. The van der Waals surface area contributed by atoms with Gasteiger partial charge in [-0.3, -0.25) is 14.6 Å². The molecule has 1 aliphatic carbocycles. The fourth-order valence-electron chi connectivity index (χ4n) is 4.44. The number of amides is 2. The lowest BCUT2D eigenvalue weighted by Crippen LogP contribution is -2.46. The number of aromatic nitrogens is 1. The summed E-state index contributed by atoms with van der Waals surface area (Å²) < 4.78 is 0. The number of likely N-dealkylation sites (tertiary alicyclic amines) is 2. The smallest absolute Gasteiger partial charge is 0.226 e. The van der Waals surface area contributed by atoms with Crippen molar-refractivity contribution in [3.63, 3.8) is 0 Å². The minimum absolute atomic E-state index is 0.0720. The van der Waals surface area contributed by atoms with Gasteiger partial charge in [-0.05, 0) is 50.2 Å². The molecule has 1 aromatic heterocycles. The molecule has 3 aliphatic rings. The van der Waals surface area contributed by atoms with Crippen molar-refractivity contribution in [1.82, 2.24) is 14.8 Å². The van der Waals surface area contributed by atoms with E-state index in [1.54, 1.807) is 6.20 Å². The molecule has 5 heteroatoms. The normalized spacial score (nSPS) is 25.0. The number of carbonyl (C=O) groups is 2. The van der Waals surface area contributed by atoms with E-state index in [0.29, 0.717) is 5.91 Å². The lowest BCUT2D eigenvalue weighted by Gasteiger charge is -2.37. The number of rotatable bonds is 3. The van der Waals surface area contributed by atoms with Gasteiger partial charge in [-0.2, -0.15) is 0 Å². The molecule has 1 atom stereocenters. The largest absolute Gasteiger partial charge is 0.342 e. The molecule has 3 fully saturated rings. The van der Waals surface area contributed by atoms with E-state index in [0.717, 1.165) is 63.7 Å². The monoisotopic (exact) mass is 341 g/mol. The molecule has 2 amide bonds. The first kappa shape index (κ1) is 16.6. The maximum Gasteiger partial charge on any atom is 0.226 e. The van der Waals surface area contributed by atoms with Crippen LogP contribution in [0.2, 0.25) is 0 Å². The number of hydrogen-bond acceptors (Lipinski definition) is 3. The molecule has 134 valence electrons. The van der Waals surface area contributed by atoms with Crippen molar-refractivity contribution in [2.75, 3.05) is 19.6 Å². The van der Waals surface area contributed by atoms with Crippen molar-refractivity contribution in [2.45, 2.75) is 51.0 Å². The van der Waals surface area contributed by atoms with Crippen LogP contribution in [0.1, 0.15) is 56.6 Å². The Balaban J connectivity index is 1.36. The third-order valence-corrected chi connectivity index (χ3v) is 6.22. The van der Waals surface area contributed by atoms with Gasteiger partial charge < -0.3 is 9.80 Å². The molecule has 0 spiro atoms.